The van der Waals surface area contributed by atoms with Crippen LogP contribution in [0.5, 0.6) is 0 Å². The fraction of sp³-hybridized carbons (Fsp3) is 0.0952. The maximum absolute atomic E-state index is 4.83. The molecule has 0 spiro atoms. The van der Waals surface area contributed by atoms with E-state index in [4.69, 9.17) is 4.98 Å². The van der Waals surface area contributed by atoms with E-state index in [1.807, 2.05) is 18.2 Å². The van der Waals surface area contributed by atoms with Gasteiger partial charge in [0.1, 0.15) is 0 Å². The van der Waals surface area contributed by atoms with E-state index in [-0.39, 0.29) is 0 Å². The number of aromatic nitrogens is 1. The second-order valence-electron chi connectivity index (χ2n) is 5.37. The number of nitrogens with zero attached hydrogens (tertiary/aromatic N) is 1. The Balaban J connectivity index is 2.16. The van der Waals surface area contributed by atoms with Crippen molar-refractivity contribution in [3.05, 3.63) is 91.0 Å². The van der Waals surface area contributed by atoms with Gasteiger partial charge in [0, 0.05) is 10.9 Å². The van der Waals surface area contributed by atoms with Crippen molar-refractivity contribution in [2.24, 2.45) is 0 Å². The molecule has 0 aliphatic carbocycles. The lowest BCUT2D eigenvalue weighted by Crippen LogP contribution is -1.92. The Labute approximate surface area is 131 Å². The predicted molar refractivity (Wildman–Crippen MR) is 95.0 cm³/mol. The largest absolute Gasteiger partial charge is 0.248 e. The molecule has 0 bridgehead atoms. The smallest absolute Gasteiger partial charge is 0.0712 e. The van der Waals surface area contributed by atoms with Gasteiger partial charge in [0.2, 0.25) is 0 Å². The van der Waals surface area contributed by atoms with Gasteiger partial charge in [-0.3, -0.25) is 0 Å². The Morgan fingerprint density at radius 1 is 0.864 bits per heavy atom. The van der Waals surface area contributed by atoms with Crippen LogP contribution in [0.2, 0.25) is 0 Å². The van der Waals surface area contributed by atoms with E-state index >= 15 is 0 Å². The first-order valence-corrected chi connectivity index (χ1v) is 7.51. The second kappa shape index (κ2) is 6.40. The van der Waals surface area contributed by atoms with Gasteiger partial charge >= 0.3 is 0 Å². The van der Waals surface area contributed by atoms with Crippen molar-refractivity contribution >= 4 is 10.9 Å². The van der Waals surface area contributed by atoms with E-state index in [1.54, 1.807) is 0 Å². The molecule has 1 heterocycles. The Morgan fingerprint density at radius 3 is 2.50 bits per heavy atom. The lowest BCUT2D eigenvalue weighted by atomic mass is 10.0. The molecular formula is C21H19N. The minimum Gasteiger partial charge on any atom is -0.248 e. The third-order valence-corrected chi connectivity index (χ3v) is 3.77. The van der Waals surface area contributed by atoms with Crippen molar-refractivity contribution in [3.8, 4) is 11.3 Å². The van der Waals surface area contributed by atoms with Crippen molar-refractivity contribution in [1.82, 2.24) is 4.98 Å². The van der Waals surface area contributed by atoms with E-state index < -0.39 is 0 Å². The molecule has 22 heavy (non-hydrogen) atoms. The average molecular weight is 285 g/mol. The molecule has 0 saturated carbocycles. The zero-order chi connectivity index (χ0) is 15.4. The Kier molecular flexibility index (Phi) is 4.15. The fourth-order valence-electron chi connectivity index (χ4n) is 2.74. The van der Waals surface area contributed by atoms with Crippen LogP contribution in [0.4, 0.5) is 0 Å². The third-order valence-electron chi connectivity index (χ3n) is 3.77. The normalized spacial score (nSPS) is 10.5. The van der Waals surface area contributed by atoms with Crippen LogP contribution in [0.1, 0.15) is 11.1 Å². The summed E-state index contributed by atoms with van der Waals surface area (Å²) >= 11 is 0. The summed E-state index contributed by atoms with van der Waals surface area (Å²) in [5.41, 5.74) is 5.72. The standard InChI is InChI=1S/C21H19N/c1-3-8-16-10-7-11-18(14-16)21-15-17(9-4-2)19-12-5-6-13-20(19)22-21/h3-7,10-15H,1-2,8-9H2. The van der Waals surface area contributed by atoms with Crippen LogP contribution in [0.15, 0.2) is 79.9 Å². The Morgan fingerprint density at radius 2 is 1.68 bits per heavy atom. The minimum atomic E-state index is 0.850. The number of hydrogen-bond donors (Lipinski definition) is 0. The fourth-order valence-corrected chi connectivity index (χ4v) is 2.74. The highest BCUT2D eigenvalue weighted by atomic mass is 14.7. The summed E-state index contributed by atoms with van der Waals surface area (Å²) in [6, 6.07) is 19.0. The first-order valence-electron chi connectivity index (χ1n) is 7.51. The van der Waals surface area contributed by atoms with Crippen molar-refractivity contribution in [1.29, 1.82) is 0 Å². The monoisotopic (exact) mass is 285 g/mol. The van der Waals surface area contributed by atoms with Crippen LogP contribution >= 0.6 is 0 Å². The second-order valence-corrected chi connectivity index (χ2v) is 5.37. The molecule has 0 N–H and O–H groups in total. The zero-order valence-corrected chi connectivity index (χ0v) is 12.6. The van der Waals surface area contributed by atoms with Crippen LogP contribution in [-0.4, -0.2) is 4.98 Å². The van der Waals surface area contributed by atoms with Gasteiger partial charge in [-0.05, 0) is 42.2 Å². The van der Waals surface area contributed by atoms with Gasteiger partial charge in [-0.15, -0.1) is 13.2 Å². The first kappa shape index (κ1) is 14.3. The van der Waals surface area contributed by atoms with Gasteiger partial charge in [-0.25, -0.2) is 4.98 Å². The molecule has 0 saturated heterocycles. The number of hydrogen-bond acceptors (Lipinski definition) is 1. The lowest BCUT2D eigenvalue weighted by molar-refractivity contribution is 1.25. The number of pyridine rings is 1. The minimum absolute atomic E-state index is 0.850. The van der Waals surface area contributed by atoms with Gasteiger partial charge in [0.05, 0.1) is 11.2 Å². The Bertz CT molecular complexity index is 830. The van der Waals surface area contributed by atoms with E-state index in [2.05, 4.69) is 61.7 Å². The number of allylic oxidation sites excluding steroid dienone is 2. The molecule has 1 heteroatoms. The van der Waals surface area contributed by atoms with Crippen LogP contribution in [-0.2, 0) is 12.8 Å². The van der Waals surface area contributed by atoms with Crippen LogP contribution in [0.25, 0.3) is 22.2 Å². The summed E-state index contributed by atoms with van der Waals surface area (Å²) in [6.07, 6.45) is 5.60. The van der Waals surface area contributed by atoms with Gasteiger partial charge in [0.15, 0.2) is 0 Å². The maximum atomic E-state index is 4.83. The SMILES string of the molecule is C=CCc1cccc(-c2cc(CC=C)c3ccccc3n2)c1. The quantitative estimate of drug-likeness (QED) is 0.575. The summed E-state index contributed by atoms with van der Waals surface area (Å²) in [4.78, 5) is 4.83. The van der Waals surface area contributed by atoms with Gasteiger partial charge in [-0.2, -0.15) is 0 Å². The zero-order valence-electron chi connectivity index (χ0n) is 12.6. The summed E-state index contributed by atoms with van der Waals surface area (Å²) in [5.74, 6) is 0. The summed E-state index contributed by atoms with van der Waals surface area (Å²) in [7, 11) is 0. The van der Waals surface area contributed by atoms with Crippen LogP contribution in [0, 0.1) is 0 Å². The maximum Gasteiger partial charge on any atom is 0.0712 e. The molecule has 3 aromatic rings. The molecule has 1 nitrogen and oxygen atoms in total. The highest BCUT2D eigenvalue weighted by Gasteiger charge is 2.07. The molecule has 3 rings (SSSR count). The molecule has 0 amide bonds. The summed E-state index contributed by atoms with van der Waals surface area (Å²) in [6.45, 7) is 7.68. The molecule has 0 unspecified atom stereocenters. The molecule has 0 fully saturated rings. The van der Waals surface area contributed by atoms with Crippen LogP contribution in [0.3, 0.4) is 0 Å². The molecule has 0 aliphatic rings. The first-order chi connectivity index (χ1) is 10.8. The predicted octanol–water partition coefficient (Wildman–Crippen LogP) is 5.36. The van der Waals surface area contributed by atoms with E-state index in [9.17, 15) is 0 Å². The van der Waals surface area contributed by atoms with E-state index in [0.717, 1.165) is 29.6 Å². The average Bonchev–Trinajstić information content (AvgIpc) is 2.56. The lowest BCUT2D eigenvalue weighted by Gasteiger charge is -2.09. The molecule has 0 radical (unpaired) electrons. The molecular weight excluding hydrogens is 266 g/mol. The highest BCUT2D eigenvalue weighted by Crippen LogP contribution is 2.26. The van der Waals surface area contributed by atoms with Crippen molar-refractivity contribution < 1.29 is 0 Å². The summed E-state index contributed by atoms with van der Waals surface area (Å²) in [5, 5.41) is 1.20. The van der Waals surface area contributed by atoms with Crippen molar-refractivity contribution in [3.63, 3.8) is 0 Å². The third kappa shape index (κ3) is 2.84. The molecule has 2 aromatic carbocycles. The van der Waals surface area contributed by atoms with Crippen LogP contribution < -0.4 is 0 Å². The molecule has 0 atom stereocenters. The number of fused-ring (bicyclic) bond motifs is 1. The van der Waals surface area contributed by atoms with E-state index in [1.165, 1.54) is 16.5 Å². The van der Waals surface area contributed by atoms with E-state index in [0.29, 0.717) is 0 Å². The topological polar surface area (TPSA) is 12.9 Å². The van der Waals surface area contributed by atoms with Gasteiger partial charge in [-0.1, -0.05) is 48.6 Å². The number of benzene rings is 2. The summed E-state index contributed by atoms with van der Waals surface area (Å²) < 4.78 is 0. The molecule has 108 valence electrons. The molecule has 0 aliphatic heterocycles. The van der Waals surface area contributed by atoms with Gasteiger partial charge in [0.25, 0.3) is 0 Å². The Hall–Kier alpha value is -2.67. The number of rotatable bonds is 5. The molecule has 1 aromatic heterocycles. The highest BCUT2D eigenvalue weighted by molar-refractivity contribution is 5.85. The van der Waals surface area contributed by atoms with Crippen molar-refractivity contribution in [2.45, 2.75) is 12.8 Å². The van der Waals surface area contributed by atoms with Crippen molar-refractivity contribution in [2.75, 3.05) is 0 Å². The number of para-hydroxylation sites is 1. The van der Waals surface area contributed by atoms with Gasteiger partial charge < -0.3 is 0 Å².